The predicted octanol–water partition coefficient (Wildman–Crippen LogP) is 3.08. The number of nitrogens with zero attached hydrogens (tertiary/aromatic N) is 2. The Morgan fingerprint density at radius 2 is 2.05 bits per heavy atom. The summed E-state index contributed by atoms with van der Waals surface area (Å²) >= 11 is 0. The molecule has 0 aliphatic rings. The lowest BCUT2D eigenvalue weighted by atomic mass is 10.1. The van der Waals surface area contributed by atoms with Crippen molar-refractivity contribution in [3.63, 3.8) is 0 Å². The highest BCUT2D eigenvalue weighted by Gasteiger charge is 2.30. The highest BCUT2D eigenvalue weighted by atomic mass is 19.4. The summed E-state index contributed by atoms with van der Waals surface area (Å²) in [5.41, 5.74) is 0.926. The van der Waals surface area contributed by atoms with Gasteiger partial charge >= 0.3 is 12.3 Å². The molecule has 20 heavy (non-hydrogen) atoms. The van der Waals surface area contributed by atoms with Gasteiger partial charge < -0.3 is 9.64 Å². The first-order valence-corrected chi connectivity index (χ1v) is 5.84. The van der Waals surface area contributed by atoms with Crippen molar-refractivity contribution in [2.75, 3.05) is 13.2 Å². The minimum atomic E-state index is -4.56. The molecule has 1 rings (SSSR count). The molecule has 1 amide bonds. The number of hydrogen-bond acceptors (Lipinski definition) is 3. The van der Waals surface area contributed by atoms with Crippen LogP contribution in [0.15, 0.2) is 24.3 Å². The van der Waals surface area contributed by atoms with E-state index in [1.165, 1.54) is 0 Å². The monoisotopic (exact) mass is 286 g/mol. The lowest BCUT2D eigenvalue weighted by molar-refractivity contribution is -0.162. The molecule has 0 bridgehead atoms. The summed E-state index contributed by atoms with van der Waals surface area (Å²) < 4.78 is 40.2. The minimum Gasteiger partial charge on any atom is -0.440 e. The van der Waals surface area contributed by atoms with Gasteiger partial charge in [-0.1, -0.05) is 18.2 Å². The smallest absolute Gasteiger partial charge is 0.422 e. The van der Waals surface area contributed by atoms with E-state index in [0.717, 1.165) is 4.90 Å². The van der Waals surface area contributed by atoms with Gasteiger partial charge in [0.05, 0.1) is 18.2 Å². The fourth-order valence-corrected chi connectivity index (χ4v) is 1.51. The fourth-order valence-electron chi connectivity index (χ4n) is 1.51. The van der Waals surface area contributed by atoms with Crippen LogP contribution in [0.4, 0.5) is 18.0 Å². The maximum Gasteiger partial charge on any atom is 0.422 e. The Bertz CT molecular complexity index is 509. The lowest BCUT2D eigenvalue weighted by Crippen LogP contribution is -2.33. The van der Waals surface area contributed by atoms with Gasteiger partial charge in [-0.25, -0.2) is 4.79 Å². The molecule has 108 valence electrons. The summed E-state index contributed by atoms with van der Waals surface area (Å²) in [6.45, 7) is 0.194. The molecular formula is C13H13F3N2O2. The molecule has 4 nitrogen and oxygen atoms in total. The van der Waals surface area contributed by atoms with Crippen molar-refractivity contribution in [3.05, 3.63) is 35.4 Å². The molecule has 1 aromatic carbocycles. The highest BCUT2D eigenvalue weighted by molar-refractivity contribution is 5.67. The summed E-state index contributed by atoms with van der Waals surface area (Å²) in [6, 6.07) is 8.52. The zero-order valence-corrected chi connectivity index (χ0v) is 10.8. The van der Waals surface area contributed by atoms with Gasteiger partial charge in [0.2, 0.25) is 0 Å². The maximum absolute atomic E-state index is 12.0. The molecule has 0 heterocycles. The summed E-state index contributed by atoms with van der Waals surface area (Å²) in [6.07, 6.45) is -5.61. The molecular weight excluding hydrogens is 273 g/mol. The summed E-state index contributed by atoms with van der Waals surface area (Å²) in [5, 5.41) is 8.92. The number of alkyl halides is 3. The van der Waals surface area contributed by atoms with E-state index in [1.54, 1.807) is 31.2 Å². The van der Waals surface area contributed by atoms with Crippen LogP contribution in [0.3, 0.4) is 0 Å². The maximum atomic E-state index is 12.0. The van der Waals surface area contributed by atoms with Gasteiger partial charge in [-0.05, 0) is 18.6 Å². The predicted molar refractivity (Wildman–Crippen MR) is 64.6 cm³/mol. The zero-order chi connectivity index (χ0) is 15.2. The van der Waals surface area contributed by atoms with Crippen LogP contribution in [0.25, 0.3) is 0 Å². The number of rotatable bonds is 4. The molecule has 0 fully saturated rings. The second-order valence-electron chi connectivity index (χ2n) is 3.95. The average molecular weight is 286 g/mol. The molecule has 0 radical (unpaired) electrons. The topological polar surface area (TPSA) is 53.3 Å². The number of amides is 1. The number of halogens is 3. The van der Waals surface area contributed by atoms with E-state index in [4.69, 9.17) is 5.26 Å². The summed E-state index contributed by atoms with van der Waals surface area (Å²) in [7, 11) is 0. The van der Waals surface area contributed by atoms with Gasteiger partial charge in [-0.3, -0.25) is 0 Å². The van der Waals surface area contributed by atoms with E-state index in [9.17, 15) is 18.0 Å². The van der Waals surface area contributed by atoms with Gasteiger partial charge in [0.25, 0.3) is 0 Å². The Kier molecular flexibility index (Phi) is 5.38. The molecule has 0 aromatic heterocycles. The van der Waals surface area contributed by atoms with Crippen molar-refractivity contribution < 1.29 is 22.7 Å². The lowest BCUT2D eigenvalue weighted by Gasteiger charge is -2.21. The first-order chi connectivity index (χ1) is 9.37. The number of hydrogen-bond donors (Lipinski definition) is 0. The van der Waals surface area contributed by atoms with Crippen molar-refractivity contribution >= 4 is 6.09 Å². The Hall–Kier alpha value is -2.23. The molecule has 0 N–H and O–H groups in total. The van der Waals surface area contributed by atoms with Crippen LogP contribution in [0.1, 0.15) is 18.1 Å². The van der Waals surface area contributed by atoms with Crippen molar-refractivity contribution in [1.82, 2.24) is 4.90 Å². The Labute approximate surface area is 114 Å². The van der Waals surface area contributed by atoms with Gasteiger partial charge in [0.1, 0.15) is 0 Å². The summed E-state index contributed by atoms with van der Waals surface area (Å²) in [4.78, 5) is 12.6. The second kappa shape index (κ2) is 6.80. The largest absolute Gasteiger partial charge is 0.440 e. The molecule has 0 saturated heterocycles. The third-order valence-corrected chi connectivity index (χ3v) is 2.50. The van der Waals surface area contributed by atoms with Crippen LogP contribution < -0.4 is 0 Å². The van der Waals surface area contributed by atoms with Crippen molar-refractivity contribution in [3.8, 4) is 6.07 Å². The number of carbonyl (C=O) groups excluding carboxylic acids is 1. The fraction of sp³-hybridized carbons (Fsp3) is 0.385. The molecule has 0 saturated carbocycles. The van der Waals surface area contributed by atoms with E-state index in [-0.39, 0.29) is 13.1 Å². The number of ether oxygens (including phenoxy) is 1. The third-order valence-electron chi connectivity index (χ3n) is 2.50. The molecule has 0 spiro atoms. The van der Waals surface area contributed by atoms with Crippen LogP contribution in [-0.4, -0.2) is 30.3 Å². The Balaban J connectivity index is 2.72. The first-order valence-electron chi connectivity index (χ1n) is 5.84. The van der Waals surface area contributed by atoms with Gasteiger partial charge in [-0.15, -0.1) is 0 Å². The van der Waals surface area contributed by atoms with Gasteiger partial charge in [0, 0.05) is 6.54 Å². The van der Waals surface area contributed by atoms with Crippen LogP contribution in [-0.2, 0) is 11.3 Å². The normalized spacial score (nSPS) is 10.8. The molecule has 0 atom stereocenters. The second-order valence-corrected chi connectivity index (χ2v) is 3.95. The van der Waals surface area contributed by atoms with E-state index in [1.807, 2.05) is 6.07 Å². The van der Waals surface area contributed by atoms with E-state index in [0.29, 0.717) is 11.1 Å². The Morgan fingerprint density at radius 3 is 2.60 bits per heavy atom. The van der Waals surface area contributed by atoms with Crippen LogP contribution >= 0.6 is 0 Å². The van der Waals surface area contributed by atoms with E-state index in [2.05, 4.69) is 4.74 Å². The number of carbonyl (C=O) groups is 1. The van der Waals surface area contributed by atoms with Crippen molar-refractivity contribution in [2.45, 2.75) is 19.6 Å². The third kappa shape index (κ3) is 4.80. The van der Waals surface area contributed by atoms with E-state index < -0.39 is 18.9 Å². The van der Waals surface area contributed by atoms with Crippen LogP contribution in [0.5, 0.6) is 0 Å². The molecule has 0 aliphatic heterocycles. The number of nitriles is 1. The highest BCUT2D eigenvalue weighted by Crippen LogP contribution is 2.16. The van der Waals surface area contributed by atoms with Crippen LogP contribution in [0.2, 0.25) is 0 Å². The Morgan fingerprint density at radius 1 is 1.40 bits per heavy atom. The van der Waals surface area contributed by atoms with Gasteiger partial charge in [-0.2, -0.15) is 18.4 Å². The summed E-state index contributed by atoms with van der Waals surface area (Å²) in [5.74, 6) is 0. The average Bonchev–Trinajstić information content (AvgIpc) is 2.41. The molecule has 0 unspecified atom stereocenters. The van der Waals surface area contributed by atoms with Crippen LogP contribution in [0, 0.1) is 11.3 Å². The zero-order valence-electron chi connectivity index (χ0n) is 10.8. The minimum absolute atomic E-state index is 0.0247. The van der Waals surface area contributed by atoms with Crippen molar-refractivity contribution in [2.24, 2.45) is 0 Å². The molecule has 7 heteroatoms. The standard InChI is InChI=1S/C13H13F3N2O2/c1-2-18(12(19)20-9-13(14,15)16)8-11-6-4-3-5-10(11)7-17/h3-6H,2,8-9H2,1H3. The number of benzene rings is 1. The first kappa shape index (κ1) is 15.8. The molecule has 1 aromatic rings. The SMILES string of the molecule is CCN(Cc1ccccc1C#N)C(=O)OCC(F)(F)F. The van der Waals surface area contributed by atoms with Crippen molar-refractivity contribution in [1.29, 1.82) is 5.26 Å². The van der Waals surface area contributed by atoms with Gasteiger partial charge in [0.15, 0.2) is 6.61 Å². The quantitative estimate of drug-likeness (QED) is 0.854. The van der Waals surface area contributed by atoms with E-state index >= 15 is 0 Å². The molecule has 0 aliphatic carbocycles.